The molecule has 1 aromatic heterocycles. The Labute approximate surface area is 392 Å². The first-order chi connectivity index (χ1) is 31.2. The van der Waals surface area contributed by atoms with Crippen molar-refractivity contribution in [2.24, 2.45) is 11.8 Å². The van der Waals surface area contributed by atoms with Crippen LogP contribution in [0.1, 0.15) is 91.0 Å². The molecule has 7 rings (SSSR count). The number of benzene rings is 5. The molecule has 5 nitrogen and oxygen atoms in total. The van der Waals surface area contributed by atoms with Crippen LogP contribution in [0.3, 0.4) is 0 Å². The minimum absolute atomic E-state index is 0.0760. The SMILES string of the molecule is COC(=O)CCCC=CC[C@H]1C(=O)C[C@@H](O[Si](c2ccccc2)(c2ccccc2)C(C)(C)C)[C@@H]1CC(F)C(O[Si](c1ccccc1)(c1ccccc1)C(C)(C)C)c1cc2ccccc2s1. The lowest BCUT2D eigenvalue weighted by molar-refractivity contribution is -0.140. The van der Waals surface area contributed by atoms with Gasteiger partial charge in [-0.15, -0.1) is 11.3 Å². The Kier molecular flexibility index (Phi) is 15.4. The molecule has 65 heavy (non-hydrogen) atoms. The van der Waals surface area contributed by atoms with Gasteiger partial charge in [-0.1, -0.05) is 193 Å². The molecule has 0 amide bonds. The maximum absolute atomic E-state index is 18.8. The summed E-state index contributed by atoms with van der Waals surface area (Å²) in [5.74, 6) is -1.06. The fraction of sp³-hybridized carbons (Fsp3) is 0.357. The summed E-state index contributed by atoms with van der Waals surface area (Å²) in [6, 6.07) is 52.2. The van der Waals surface area contributed by atoms with Crippen molar-refractivity contribution in [1.82, 2.24) is 0 Å². The van der Waals surface area contributed by atoms with E-state index in [1.807, 2.05) is 48.6 Å². The number of ketones is 1. The zero-order valence-electron chi connectivity index (χ0n) is 39.0. The van der Waals surface area contributed by atoms with E-state index in [4.69, 9.17) is 13.6 Å². The first kappa shape index (κ1) is 48.2. The van der Waals surface area contributed by atoms with E-state index in [-0.39, 0.29) is 29.6 Å². The Morgan fingerprint density at radius 2 is 1.22 bits per heavy atom. The van der Waals surface area contributed by atoms with Gasteiger partial charge in [0.25, 0.3) is 16.6 Å². The van der Waals surface area contributed by atoms with Gasteiger partial charge in [0.2, 0.25) is 0 Å². The first-order valence-electron chi connectivity index (χ1n) is 23.1. The number of unbranched alkanes of at least 4 members (excludes halogenated alkanes) is 1. The maximum atomic E-state index is 18.8. The molecular weight excluding hydrogens is 860 g/mol. The van der Waals surface area contributed by atoms with E-state index in [1.165, 1.54) is 7.11 Å². The van der Waals surface area contributed by atoms with E-state index in [0.717, 1.165) is 35.7 Å². The van der Waals surface area contributed by atoms with Crippen molar-refractivity contribution in [2.75, 3.05) is 7.11 Å². The predicted octanol–water partition coefficient (Wildman–Crippen LogP) is 11.7. The van der Waals surface area contributed by atoms with Gasteiger partial charge in [0.05, 0.1) is 13.2 Å². The van der Waals surface area contributed by atoms with Crippen molar-refractivity contribution in [3.63, 3.8) is 0 Å². The maximum Gasteiger partial charge on any atom is 0.305 e. The molecule has 0 saturated heterocycles. The van der Waals surface area contributed by atoms with Crippen LogP contribution in [0.15, 0.2) is 164 Å². The number of fused-ring (bicyclic) bond motifs is 1. The third-order valence-electron chi connectivity index (χ3n) is 13.4. The van der Waals surface area contributed by atoms with Crippen molar-refractivity contribution < 1.29 is 27.6 Å². The third kappa shape index (κ3) is 10.3. The molecule has 2 unspecified atom stereocenters. The van der Waals surface area contributed by atoms with Crippen molar-refractivity contribution in [2.45, 2.75) is 109 Å². The number of halogens is 1. The van der Waals surface area contributed by atoms with Gasteiger partial charge in [-0.2, -0.15) is 0 Å². The summed E-state index contributed by atoms with van der Waals surface area (Å²) in [4.78, 5) is 27.3. The molecule has 1 aliphatic carbocycles. The molecule has 5 atom stereocenters. The van der Waals surface area contributed by atoms with Gasteiger partial charge in [-0.05, 0) is 79.9 Å². The van der Waals surface area contributed by atoms with Gasteiger partial charge < -0.3 is 13.6 Å². The number of methoxy groups -OCH3 is 1. The number of thiophene rings is 1. The second-order valence-corrected chi connectivity index (χ2v) is 29.2. The van der Waals surface area contributed by atoms with Gasteiger partial charge in [0.1, 0.15) is 18.1 Å². The molecule has 5 aromatic carbocycles. The average molecular weight is 925 g/mol. The largest absolute Gasteiger partial charge is 0.469 e. The molecule has 0 bridgehead atoms. The lowest BCUT2D eigenvalue weighted by Gasteiger charge is -2.46. The highest BCUT2D eigenvalue weighted by Crippen LogP contribution is 2.48. The van der Waals surface area contributed by atoms with E-state index in [2.05, 4.69) is 157 Å². The number of esters is 1. The summed E-state index contributed by atoms with van der Waals surface area (Å²) in [5.41, 5.74) is 0. The van der Waals surface area contributed by atoms with E-state index in [9.17, 15) is 9.59 Å². The number of allylic oxidation sites excluding steroid dienone is 2. The zero-order valence-corrected chi connectivity index (χ0v) is 41.9. The van der Waals surface area contributed by atoms with Crippen molar-refractivity contribution in [3.8, 4) is 0 Å². The second kappa shape index (κ2) is 20.8. The van der Waals surface area contributed by atoms with Crippen molar-refractivity contribution in [1.29, 1.82) is 0 Å². The van der Waals surface area contributed by atoms with Gasteiger partial charge >= 0.3 is 5.97 Å². The van der Waals surface area contributed by atoms with E-state index >= 15 is 4.39 Å². The Hall–Kier alpha value is -4.78. The van der Waals surface area contributed by atoms with Crippen LogP contribution in [0.4, 0.5) is 4.39 Å². The summed E-state index contributed by atoms with van der Waals surface area (Å²) >= 11 is 1.59. The summed E-state index contributed by atoms with van der Waals surface area (Å²) in [5, 5.41) is 4.70. The highest BCUT2D eigenvalue weighted by atomic mass is 32.1. The number of hydrogen-bond acceptors (Lipinski definition) is 6. The summed E-state index contributed by atoms with van der Waals surface area (Å²) in [7, 11) is -5.03. The Balaban J connectivity index is 1.35. The van der Waals surface area contributed by atoms with Crippen LogP contribution >= 0.6 is 11.3 Å². The van der Waals surface area contributed by atoms with Crippen molar-refractivity contribution in [3.05, 3.63) is 169 Å². The smallest absolute Gasteiger partial charge is 0.305 e. The van der Waals surface area contributed by atoms with Gasteiger partial charge in [0, 0.05) is 28.3 Å². The second-order valence-electron chi connectivity index (χ2n) is 19.6. The minimum atomic E-state index is -3.28. The molecule has 1 saturated carbocycles. The Morgan fingerprint density at radius 1 is 0.723 bits per heavy atom. The monoisotopic (exact) mass is 924 g/mol. The van der Waals surface area contributed by atoms with Crippen LogP contribution in [-0.2, 0) is 23.2 Å². The molecule has 1 heterocycles. The molecule has 340 valence electrons. The van der Waals surface area contributed by atoms with Gasteiger partial charge in [0.15, 0.2) is 0 Å². The lowest BCUT2D eigenvalue weighted by Crippen LogP contribution is -2.68. The fourth-order valence-corrected chi connectivity index (χ4v) is 20.8. The quantitative estimate of drug-likeness (QED) is 0.0372. The Morgan fingerprint density at radius 3 is 1.71 bits per heavy atom. The summed E-state index contributed by atoms with van der Waals surface area (Å²) in [6.45, 7) is 13.4. The summed E-state index contributed by atoms with van der Waals surface area (Å²) < 4.78 is 40.3. The topological polar surface area (TPSA) is 61.8 Å². The number of ether oxygens (including phenoxy) is 1. The fourth-order valence-electron chi connectivity index (χ4n) is 10.2. The first-order valence-corrected chi connectivity index (χ1v) is 27.8. The number of rotatable bonds is 18. The third-order valence-corrected chi connectivity index (χ3v) is 24.6. The van der Waals surface area contributed by atoms with E-state index < -0.39 is 51.9 Å². The van der Waals surface area contributed by atoms with Crippen LogP contribution in [0.5, 0.6) is 0 Å². The van der Waals surface area contributed by atoms with Crippen LogP contribution < -0.4 is 20.7 Å². The molecule has 0 N–H and O–H groups in total. The normalized spacial score (nSPS) is 18.3. The Bertz CT molecular complexity index is 2390. The van der Waals surface area contributed by atoms with Gasteiger partial charge in [-0.25, -0.2) is 4.39 Å². The number of carbonyl (C=O) groups excluding carboxylic acids is 2. The molecule has 6 aromatic rings. The lowest BCUT2D eigenvalue weighted by atomic mass is 9.85. The highest BCUT2D eigenvalue weighted by molar-refractivity contribution is 7.19. The standard InChI is InChI=1S/C56H65FO5SSi2/c1-55(2,3)64(42-27-14-10-15-28-42,43-29-16-11-17-30-43)61-50-40-49(58)46(35-22-8-9-23-37-53(59)60-7)47(50)39-48(57)54(52-38-41-26-24-25-36-51(41)63-52)62-65(56(4,5)6,44-31-18-12-19-32-44)45-33-20-13-21-34-45/h8,10-22,24-34,36,38,46-48,50,54H,9,23,35,37,39-40H2,1-7H3/t46-,47-,48?,50-,54?/m1/s1. The number of hydrogen-bond donors (Lipinski definition) is 0. The molecule has 1 fully saturated rings. The van der Waals surface area contributed by atoms with Gasteiger partial charge in [-0.3, -0.25) is 9.59 Å². The average Bonchev–Trinajstić information content (AvgIpc) is 3.86. The molecule has 1 aliphatic rings. The minimum Gasteiger partial charge on any atom is -0.469 e. The summed E-state index contributed by atoms with van der Waals surface area (Å²) in [6.07, 6.45) is 3.51. The zero-order chi connectivity index (χ0) is 46.2. The molecule has 0 aliphatic heterocycles. The van der Waals surface area contributed by atoms with Crippen LogP contribution in [0.2, 0.25) is 10.1 Å². The molecular formula is C56H65FO5SSi2. The van der Waals surface area contributed by atoms with Crippen molar-refractivity contribution >= 4 is 70.6 Å². The number of Topliss-reactive ketones (excluding diaryl/α,β-unsaturated/α-hetero) is 1. The van der Waals surface area contributed by atoms with Crippen LogP contribution in [-0.4, -0.2) is 47.8 Å². The molecule has 0 radical (unpaired) electrons. The van der Waals surface area contributed by atoms with Crippen LogP contribution in [0.25, 0.3) is 10.1 Å². The highest BCUT2D eigenvalue weighted by Gasteiger charge is 2.57. The molecule has 9 heteroatoms. The number of carbonyl (C=O) groups is 2. The number of alkyl halides is 1. The molecule has 0 spiro atoms. The van der Waals surface area contributed by atoms with Crippen LogP contribution in [0, 0.1) is 11.8 Å². The predicted molar refractivity (Wildman–Crippen MR) is 272 cm³/mol. The van der Waals surface area contributed by atoms with E-state index in [1.54, 1.807) is 11.3 Å². The van der Waals surface area contributed by atoms with E-state index in [0.29, 0.717) is 25.7 Å².